The summed E-state index contributed by atoms with van der Waals surface area (Å²) in [5.74, 6) is 1.15. The number of sulfone groups is 1. The molecule has 2 rings (SSSR count). The highest BCUT2D eigenvalue weighted by atomic mass is 32.2. The summed E-state index contributed by atoms with van der Waals surface area (Å²) >= 11 is 0. The van der Waals surface area contributed by atoms with Crippen LogP contribution < -0.4 is 10.5 Å². The molecule has 20 heavy (non-hydrogen) atoms. The maximum Gasteiger partial charge on any atom is 0.175 e. The molecule has 0 aromatic heterocycles. The van der Waals surface area contributed by atoms with Gasteiger partial charge in [0, 0.05) is 6.26 Å². The summed E-state index contributed by atoms with van der Waals surface area (Å²) in [7, 11) is -3.26. The van der Waals surface area contributed by atoms with Crippen LogP contribution in [-0.4, -0.2) is 14.7 Å². The fraction of sp³-hybridized carbons (Fsp3) is 0.200. The number of anilines is 1. The lowest BCUT2D eigenvalue weighted by molar-refractivity contribution is 0.480. The quantitative estimate of drug-likeness (QED) is 0.882. The van der Waals surface area contributed by atoms with Crippen molar-refractivity contribution in [2.45, 2.75) is 18.7 Å². The smallest absolute Gasteiger partial charge is 0.175 e. The van der Waals surface area contributed by atoms with E-state index in [1.165, 1.54) is 12.1 Å². The molecular weight excluding hydrogens is 274 g/mol. The molecule has 0 amide bonds. The average Bonchev–Trinajstić information content (AvgIpc) is 2.33. The van der Waals surface area contributed by atoms with E-state index in [1.807, 2.05) is 32.0 Å². The van der Waals surface area contributed by atoms with Crippen LogP contribution in [0.2, 0.25) is 0 Å². The van der Waals surface area contributed by atoms with Crippen molar-refractivity contribution < 1.29 is 13.2 Å². The van der Waals surface area contributed by atoms with Gasteiger partial charge >= 0.3 is 0 Å². The van der Waals surface area contributed by atoms with Gasteiger partial charge in [-0.25, -0.2) is 8.42 Å². The Balaban J connectivity index is 2.35. The lowest BCUT2D eigenvalue weighted by Gasteiger charge is -2.12. The number of aryl methyl sites for hydroxylation is 2. The molecule has 0 fully saturated rings. The van der Waals surface area contributed by atoms with Gasteiger partial charge in [-0.15, -0.1) is 0 Å². The fourth-order valence-corrected chi connectivity index (χ4v) is 2.54. The Hall–Kier alpha value is -2.01. The molecule has 5 heteroatoms. The van der Waals surface area contributed by atoms with Gasteiger partial charge < -0.3 is 10.5 Å². The van der Waals surface area contributed by atoms with Crippen LogP contribution >= 0.6 is 0 Å². The Morgan fingerprint density at radius 3 is 2.20 bits per heavy atom. The van der Waals surface area contributed by atoms with Gasteiger partial charge in [0.1, 0.15) is 11.5 Å². The first-order valence-corrected chi connectivity index (χ1v) is 8.01. The number of hydrogen-bond acceptors (Lipinski definition) is 4. The molecule has 2 aromatic rings. The number of nitrogen functional groups attached to an aromatic ring is 1. The van der Waals surface area contributed by atoms with Gasteiger partial charge in [0.05, 0.1) is 10.6 Å². The summed E-state index contributed by atoms with van der Waals surface area (Å²) in [6.07, 6.45) is 1.15. The maximum absolute atomic E-state index is 11.4. The summed E-state index contributed by atoms with van der Waals surface area (Å²) in [6, 6.07) is 10.3. The molecule has 2 aromatic carbocycles. The minimum absolute atomic E-state index is 0.183. The third kappa shape index (κ3) is 3.11. The van der Waals surface area contributed by atoms with Crippen molar-refractivity contribution in [1.82, 2.24) is 0 Å². The molecule has 0 radical (unpaired) electrons. The van der Waals surface area contributed by atoms with Crippen LogP contribution in [0.4, 0.5) is 5.69 Å². The van der Waals surface area contributed by atoms with Gasteiger partial charge in [-0.3, -0.25) is 0 Å². The standard InChI is InChI=1S/C15H17NO3S/c1-10-4-6-14(11(2)8-10)19-15-7-5-12(9-13(15)16)20(3,17)18/h4-9H,16H2,1-3H3. The molecule has 0 aliphatic rings. The molecular formula is C15H17NO3S. The Bertz CT molecular complexity index is 752. The number of ether oxygens (including phenoxy) is 1. The second kappa shape index (κ2) is 5.17. The highest BCUT2D eigenvalue weighted by Crippen LogP contribution is 2.31. The zero-order valence-electron chi connectivity index (χ0n) is 11.7. The van der Waals surface area contributed by atoms with Gasteiger partial charge in [0.2, 0.25) is 0 Å². The van der Waals surface area contributed by atoms with Crippen molar-refractivity contribution in [1.29, 1.82) is 0 Å². The first kappa shape index (κ1) is 14.4. The maximum atomic E-state index is 11.4. The van der Waals surface area contributed by atoms with E-state index in [9.17, 15) is 8.42 Å². The SMILES string of the molecule is Cc1ccc(Oc2ccc(S(C)(=O)=O)cc2N)c(C)c1. The molecule has 0 saturated carbocycles. The van der Waals surface area contributed by atoms with Crippen molar-refractivity contribution >= 4 is 15.5 Å². The highest BCUT2D eigenvalue weighted by molar-refractivity contribution is 7.90. The summed E-state index contributed by atoms with van der Waals surface area (Å²) in [5.41, 5.74) is 8.30. The molecule has 0 heterocycles. The van der Waals surface area contributed by atoms with E-state index in [4.69, 9.17) is 10.5 Å². The van der Waals surface area contributed by atoms with E-state index in [0.29, 0.717) is 17.2 Å². The number of hydrogen-bond donors (Lipinski definition) is 1. The van der Waals surface area contributed by atoms with Crippen LogP contribution in [0.3, 0.4) is 0 Å². The molecule has 0 spiro atoms. The Kier molecular flexibility index (Phi) is 3.72. The second-order valence-electron chi connectivity index (χ2n) is 4.84. The van der Waals surface area contributed by atoms with Crippen LogP contribution in [-0.2, 0) is 9.84 Å². The molecule has 0 bridgehead atoms. The lowest BCUT2D eigenvalue weighted by Crippen LogP contribution is -2.00. The third-order valence-electron chi connectivity index (χ3n) is 2.96. The van der Waals surface area contributed by atoms with E-state index < -0.39 is 9.84 Å². The molecule has 2 N–H and O–H groups in total. The summed E-state index contributed by atoms with van der Waals surface area (Å²) in [4.78, 5) is 0.183. The summed E-state index contributed by atoms with van der Waals surface area (Å²) in [5, 5.41) is 0. The minimum atomic E-state index is -3.26. The predicted octanol–water partition coefficient (Wildman–Crippen LogP) is 3.08. The molecule has 0 unspecified atom stereocenters. The number of nitrogens with two attached hydrogens (primary N) is 1. The van der Waals surface area contributed by atoms with Gasteiger partial charge in [0.25, 0.3) is 0 Å². The van der Waals surface area contributed by atoms with E-state index in [1.54, 1.807) is 6.07 Å². The Morgan fingerprint density at radius 2 is 1.65 bits per heavy atom. The summed E-state index contributed by atoms with van der Waals surface area (Å²) in [6.45, 7) is 3.95. The van der Waals surface area contributed by atoms with Crippen LogP contribution in [0.25, 0.3) is 0 Å². The molecule has 106 valence electrons. The fourth-order valence-electron chi connectivity index (χ4n) is 1.88. The topological polar surface area (TPSA) is 69.4 Å². The van der Waals surface area contributed by atoms with Crippen LogP contribution in [0.5, 0.6) is 11.5 Å². The lowest BCUT2D eigenvalue weighted by atomic mass is 10.1. The average molecular weight is 291 g/mol. The highest BCUT2D eigenvalue weighted by Gasteiger charge is 2.11. The monoisotopic (exact) mass is 291 g/mol. The van der Waals surface area contributed by atoms with Gasteiger partial charge in [-0.05, 0) is 43.7 Å². The molecule has 0 atom stereocenters. The molecule has 4 nitrogen and oxygen atoms in total. The normalized spacial score (nSPS) is 11.3. The van der Waals surface area contributed by atoms with Gasteiger partial charge in [0.15, 0.2) is 9.84 Å². The third-order valence-corrected chi connectivity index (χ3v) is 4.07. The van der Waals surface area contributed by atoms with E-state index >= 15 is 0 Å². The number of benzene rings is 2. The van der Waals surface area contributed by atoms with Crippen LogP contribution in [0, 0.1) is 13.8 Å². The zero-order chi connectivity index (χ0) is 14.9. The van der Waals surface area contributed by atoms with Gasteiger partial charge in [-0.2, -0.15) is 0 Å². The van der Waals surface area contributed by atoms with E-state index in [-0.39, 0.29) is 4.90 Å². The first-order valence-electron chi connectivity index (χ1n) is 6.12. The Morgan fingerprint density at radius 1 is 1.00 bits per heavy atom. The van der Waals surface area contributed by atoms with Crippen molar-refractivity contribution in [3.05, 3.63) is 47.5 Å². The van der Waals surface area contributed by atoms with Crippen molar-refractivity contribution in [3.8, 4) is 11.5 Å². The molecule has 0 aliphatic heterocycles. The molecule has 0 aliphatic carbocycles. The first-order chi connectivity index (χ1) is 9.27. The molecule has 0 saturated heterocycles. The van der Waals surface area contributed by atoms with Gasteiger partial charge in [-0.1, -0.05) is 17.7 Å². The number of rotatable bonds is 3. The zero-order valence-corrected chi connectivity index (χ0v) is 12.5. The van der Waals surface area contributed by atoms with Crippen molar-refractivity contribution in [2.75, 3.05) is 12.0 Å². The van der Waals surface area contributed by atoms with E-state index in [2.05, 4.69) is 0 Å². The van der Waals surface area contributed by atoms with Crippen molar-refractivity contribution in [2.24, 2.45) is 0 Å². The van der Waals surface area contributed by atoms with Crippen molar-refractivity contribution in [3.63, 3.8) is 0 Å². The van der Waals surface area contributed by atoms with Crippen LogP contribution in [0.1, 0.15) is 11.1 Å². The van der Waals surface area contributed by atoms with E-state index in [0.717, 1.165) is 17.4 Å². The minimum Gasteiger partial charge on any atom is -0.455 e. The second-order valence-corrected chi connectivity index (χ2v) is 6.86. The predicted molar refractivity (Wildman–Crippen MR) is 80.0 cm³/mol. The summed E-state index contributed by atoms with van der Waals surface area (Å²) < 4.78 is 28.6. The largest absolute Gasteiger partial charge is 0.455 e. The van der Waals surface area contributed by atoms with Crippen LogP contribution in [0.15, 0.2) is 41.3 Å². The Labute approximate surface area is 119 Å².